The highest BCUT2D eigenvalue weighted by molar-refractivity contribution is 7.23. The second kappa shape index (κ2) is 17.1. The number of anilines is 2. The number of phenols is 2. The van der Waals surface area contributed by atoms with E-state index in [2.05, 4.69) is 4.90 Å². The number of amides is 1. The zero-order chi connectivity index (χ0) is 43.2. The van der Waals surface area contributed by atoms with Crippen LogP contribution in [-0.2, 0) is 23.8 Å². The Morgan fingerprint density at radius 1 is 0.966 bits per heavy atom. The summed E-state index contributed by atoms with van der Waals surface area (Å²) in [5, 5.41) is 47.8. The molecule has 1 amide bonds. The number of aromatic nitrogens is 1. The minimum absolute atomic E-state index is 0.0513. The first-order chi connectivity index (χ1) is 27.8. The number of ketones is 1. The van der Waals surface area contributed by atoms with Gasteiger partial charge in [-0.3, -0.25) is 14.4 Å². The average Bonchev–Trinajstić information content (AvgIpc) is 3.77. The summed E-state index contributed by atoms with van der Waals surface area (Å²) in [6.45, 7) is 14.5. The Balaban J connectivity index is 1.57. The summed E-state index contributed by atoms with van der Waals surface area (Å²) < 4.78 is 24.4. The summed E-state index contributed by atoms with van der Waals surface area (Å²) in [6.07, 6.45) is 7.11. The van der Waals surface area contributed by atoms with E-state index in [-0.39, 0.29) is 39.1 Å². The number of Topliss-reactive ketones (excluding diaryl/α,β-unsaturated/α-hetero) is 1. The number of ether oxygens (including phenoxy) is 4. The van der Waals surface area contributed by atoms with Gasteiger partial charge in [-0.1, -0.05) is 57.3 Å². The highest BCUT2D eigenvalue weighted by atomic mass is 32.1. The minimum atomic E-state index is -1.94. The molecule has 1 saturated heterocycles. The zero-order valence-corrected chi connectivity index (χ0v) is 36.3. The van der Waals surface area contributed by atoms with Crippen molar-refractivity contribution in [2.45, 2.75) is 105 Å². The number of hydrogen-bond donors (Lipinski definition) is 4. The first kappa shape index (κ1) is 43.9. The summed E-state index contributed by atoms with van der Waals surface area (Å²) in [6, 6.07) is 0. The predicted molar refractivity (Wildman–Crippen MR) is 226 cm³/mol. The molecule has 320 valence electrons. The summed E-state index contributed by atoms with van der Waals surface area (Å²) in [4.78, 5) is 49.7. The number of aromatic hydroxyl groups is 2. The molecule has 0 spiro atoms. The number of rotatable bonds is 3. The van der Waals surface area contributed by atoms with Gasteiger partial charge >= 0.3 is 11.8 Å². The van der Waals surface area contributed by atoms with Crippen molar-refractivity contribution in [1.29, 1.82) is 0 Å². The van der Waals surface area contributed by atoms with Crippen molar-refractivity contribution >= 4 is 60.8 Å². The van der Waals surface area contributed by atoms with Gasteiger partial charge in [-0.15, -0.1) is 0 Å². The van der Waals surface area contributed by atoms with Gasteiger partial charge in [0.25, 0.3) is 11.7 Å². The predicted octanol–water partition coefficient (Wildman–Crippen LogP) is 6.67. The standard InChI is InChI=1S/C44H57N3O11S/c1-21-15-14-16-22(2)42(54)46(9)33-37(52)30-29(32-40(33)59-43(45-32)47-18-12-11-13-19-47)31-39(26(6)36(30)51)58-44(8,41(31)53)56-20-17-28(55-10)23(3)38(57-27(7)48)25(5)35(50)24(4)34(21)49/h14-17,20-21,23-25,28,34-35,38,49-52H,11-13,18-19H2,1-10H3/b15-14+,20-17+,22-16-. The molecule has 0 aliphatic carbocycles. The van der Waals surface area contributed by atoms with Crippen LogP contribution in [0.25, 0.3) is 21.0 Å². The van der Waals surface area contributed by atoms with Crippen LogP contribution >= 0.6 is 11.3 Å². The molecule has 1 aromatic heterocycles. The Morgan fingerprint density at radius 3 is 2.29 bits per heavy atom. The number of esters is 1. The molecule has 0 saturated carbocycles. The Hall–Kier alpha value is -4.70. The van der Waals surface area contributed by atoms with Gasteiger partial charge in [-0.2, -0.15) is 0 Å². The van der Waals surface area contributed by atoms with Crippen molar-refractivity contribution in [3.05, 3.63) is 47.3 Å². The van der Waals surface area contributed by atoms with Gasteiger partial charge in [0.05, 0.1) is 45.7 Å². The average molecular weight is 836 g/mol. The topological polar surface area (TPSA) is 188 Å². The number of hydrogen-bond acceptors (Lipinski definition) is 14. The molecule has 3 aliphatic heterocycles. The Labute approximate surface area is 348 Å². The van der Waals surface area contributed by atoms with Crippen LogP contribution in [0.15, 0.2) is 36.1 Å². The van der Waals surface area contributed by atoms with Crippen LogP contribution in [0, 0.1) is 30.6 Å². The first-order valence-corrected chi connectivity index (χ1v) is 21.0. The molecule has 4 heterocycles. The summed E-state index contributed by atoms with van der Waals surface area (Å²) in [5.41, 5.74) is 0.990. The van der Waals surface area contributed by atoms with E-state index in [4.69, 9.17) is 23.9 Å². The van der Waals surface area contributed by atoms with Crippen molar-refractivity contribution in [2.75, 3.05) is 37.0 Å². The number of likely N-dealkylation sites (N-methyl/N-ethyl adjacent to an activating group) is 1. The molecule has 6 rings (SSSR count). The van der Waals surface area contributed by atoms with Gasteiger partial charge in [-0.25, -0.2) is 4.98 Å². The monoisotopic (exact) mass is 835 g/mol. The number of nitrogens with zero attached hydrogens (tertiary/aromatic N) is 3. The fraction of sp³-hybridized carbons (Fsp3) is 0.545. The number of thiazole rings is 1. The molecule has 4 N–H and O–H groups in total. The third-order valence-electron chi connectivity index (χ3n) is 12.3. The summed E-state index contributed by atoms with van der Waals surface area (Å²) in [7, 11) is 3.00. The number of piperidine rings is 1. The number of phenolic OH excluding ortho intramolecular Hbond substituents is 2. The molecule has 0 radical (unpaired) electrons. The number of carbonyl (C=O) groups is 3. The van der Waals surface area contributed by atoms with Gasteiger partial charge < -0.3 is 49.2 Å². The van der Waals surface area contributed by atoms with Crippen LogP contribution < -0.4 is 14.5 Å². The molecular formula is C44H57N3O11S. The largest absolute Gasteiger partial charge is 0.507 e. The van der Waals surface area contributed by atoms with Crippen LogP contribution in [0.5, 0.6) is 17.2 Å². The third kappa shape index (κ3) is 7.89. The van der Waals surface area contributed by atoms with E-state index in [1.165, 1.54) is 50.5 Å². The van der Waals surface area contributed by atoms with E-state index >= 15 is 0 Å². The van der Waals surface area contributed by atoms with Gasteiger partial charge in [0.15, 0.2) is 10.9 Å². The summed E-state index contributed by atoms with van der Waals surface area (Å²) in [5.74, 6) is -6.56. The van der Waals surface area contributed by atoms with Crippen molar-refractivity contribution in [2.24, 2.45) is 23.7 Å². The first-order valence-electron chi connectivity index (χ1n) is 20.2. The van der Waals surface area contributed by atoms with Crippen LogP contribution in [0.4, 0.5) is 10.8 Å². The molecule has 4 bridgehead atoms. The lowest BCUT2D eigenvalue weighted by Crippen LogP contribution is -2.46. The molecular weight excluding hydrogens is 779 g/mol. The number of aliphatic hydroxyl groups excluding tert-OH is 2. The number of aliphatic hydroxyl groups is 2. The second-order valence-corrected chi connectivity index (χ2v) is 17.4. The van der Waals surface area contributed by atoms with E-state index in [0.29, 0.717) is 20.9 Å². The lowest BCUT2D eigenvalue weighted by molar-refractivity contribution is -0.160. The van der Waals surface area contributed by atoms with Crippen molar-refractivity contribution < 1.29 is 53.8 Å². The van der Waals surface area contributed by atoms with Gasteiger partial charge in [0.1, 0.15) is 23.3 Å². The number of allylic oxidation sites excluding steroid dienone is 2. The zero-order valence-electron chi connectivity index (χ0n) is 35.4. The second-order valence-electron chi connectivity index (χ2n) is 16.5. The van der Waals surface area contributed by atoms with Gasteiger partial charge in [0, 0.05) is 81.3 Å². The molecule has 15 heteroatoms. The smallest absolute Gasteiger partial charge is 0.312 e. The molecule has 3 aliphatic rings. The van der Waals surface area contributed by atoms with E-state index in [1.807, 2.05) is 0 Å². The van der Waals surface area contributed by atoms with E-state index in [9.17, 15) is 34.8 Å². The number of carbonyl (C=O) groups excluding carboxylic acids is 3. The molecule has 14 nitrogen and oxygen atoms in total. The maximum atomic E-state index is 14.7. The highest BCUT2D eigenvalue weighted by Gasteiger charge is 2.50. The lowest BCUT2D eigenvalue weighted by Gasteiger charge is -2.38. The Morgan fingerprint density at radius 2 is 1.64 bits per heavy atom. The van der Waals surface area contributed by atoms with E-state index < -0.39 is 77.3 Å². The third-order valence-corrected chi connectivity index (χ3v) is 13.5. The quantitative estimate of drug-likeness (QED) is 0.205. The fourth-order valence-corrected chi connectivity index (χ4v) is 9.87. The van der Waals surface area contributed by atoms with Crippen molar-refractivity contribution in [3.63, 3.8) is 0 Å². The number of benzene rings is 2. The molecule has 2 aromatic carbocycles. The van der Waals surface area contributed by atoms with E-state index in [1.54, 1.807) is 65.8 Å². The van der Waals surface area contributed by atoms with Crippen molar-refractivity contribution in [1.82, 2.24) is 4.98 Å². The normalized spacial score (nSPS) is 31.9. The lowest BCUT2D eigenvalue weighted by atomic mass is 9.78. The molecule has 1 fully saturated rings. The molecule has 9 unspecified atom stereocenters. The Kier molecular flexibility index (Phi) is 12.7. The molecule has 9 atom stereocenters. The molecule has 3 aromatic rings. The summed E-state index contributed by atoms with van der Waals surface area (Å²) >= 11 is 1.29. The maximum absolute atomic E-state index is 14.7. The van der Waals surface area contributed by atoms with Crippen LogP contribution in [0.2, 0.25) is 0 Å². The number of methoxy groups -OCH3 is 1. The van der Waals surface area contributed by atoms with Crippen LogP contribution in [0.1, 0.15) is 83.7 Å². The fourth-order valence-electron chi connectivity index (χ4n) is 8.66. The SMILES string of the molecule is COC1/C=C/OC2(C)Oc3c(C)c(O)c4c(O)c(c5sc(N6CCCCC6)nc5c4c3C2=O)N(C)C(=O)/C(C)=C\C=C\C(C)C(O)C(C)C(O)C(C)C(OC(C)=O)C1C. The maximum Gasteiger partial charge on any atom is 0.312 e. The minimum Gasteiger partial charge on any atom is -0.507 e. The van der Waals surface area contributed by atoms with Crippen molar-refractivity contribution in [3.8, 4) is 17.2 Å². The molecule has 59 heavy (non-hydrogen) atoms. The highest BCUT2D eigenvalue weighted by Crippen LogP contribution is 2.56. The van der Waals surface area contributed by atoms with Gasteiger partial charge in [0.2, 0.25) is 0 Å². The van der Waals surface area contributed by atoms with E-state index in [0.717, 1.165) is 32.4 Å². The number of fused-ring (bicyclic) bond motifs is 1. The van der Waals surface area contributed by atoms with Crippen LogP contribution in [-0.4, -0.2) is 101 Å². The van der Waals surface area contributed by atoms with Crippen LogP contribution in [0.3, 0.4) is 0 Å². The Bertz CT molecular complexity index is 2230. The van der Waals surface area contributed by atoms with Gasteiger partial charge in [-0.05, 0) is 39.2 Å².